The molecule has 0 aromatic heterocycles. The number of benzene rings is 2. The zero-order chi connectivity index (χ0) is 25.7. The van der Waals surface area contributed by atoms with Gasteiger partial charge >= 0.3 is 11.9 Å². The summed E-state index contributed by atoms with van der Waals surface area (Å²) < 4.78 is 15.3. The zero-order valence-electron chi connectivity index (χ0n) is 19.4. The summed E-state index contributed by atoms with van der Waals surface area (Å²) >= 11 is 4.75. The molecular formula is C25H25BrN2O7S. The molecule has 2 heterocycles. The van der Waals surface area contributed by atoms with Crippen molar-refractivity contribution < 1.29 is 33.4 Å². The van der Waals surface area contributed by atoms with E-state index in [1.807, 2.05) is 36.4 Å². The zero-order valence-corrected chi connectivity index (χ0v) is 21.8. The molecule has 190 valence electrons. The number of fused-ring (bicyclic) bond motifs is 1. The van der Waals surface area contributed by atoms with E-state index >= 15 is 0 Å². The number of β-lactam (4-membered cyclic amide) rings is 1. The van der Waals surface area contributed by atoms with Crippen LogP contribution in [0.25, 0.3) is 0 Å². The molecule has 11 heteroatoms. The molecule has 2 aliphatic rings. The highest BCUT2D eigenvalue weighted by Crippen LogP contribution is 2.52. The van der Waals surface area contributed by atoms with Crippen LogP contribution in [0, 0.1) is 0 Å². The molecular weight excluding hydrogens is 552 g/mol. The Labute approximate surface area is 221 Å². The fourth-order valence-corrected chi connectivity index (χ4v) is 6.61. The number of para-hydroxylation sites is 1. The predicted octanol–water partition coefficient (Wildman–Crippen LogP) is 2.27. The number of thioether (sulfide) groups is 1. The Kier molecular flexibility index (Phi) is 8.20. The fraction of sp³-hybridized carbons (Fsp3) is 0.360. The minimum Gasteiger partial charge on any atom is -0.484 e. The van der Waals surface area contributed by atoms with Crippen LogP contribution in [-0.4, -0.2) is 69.4 Å². The molecule has 2 aromatic rings. The molecule has 2 aliphatic heterocycles. The molecule has 9 nitrogen and oxygen atoms in total. The first kappa shape index (κ1) is 26.0. The topological polar surface area (TPSA) is 111 Å². The molecule has 2 aromatic carbocycles. The SMILES string of the molecule is CC(=O)OC[C@@]1(CBr)S[C@H]2C(NC(=O)COc3ccccc3)C(=O)N2[C@H]1C(=O)OCc1ccccc1. The van der Waals surface area contributed by atoms with Gasteiger partial charge in [0.1, 0.15) is 36.4 Å². The first-order chi connectivity index (χ1) is 17.3. The van der Waals surface area contributed by atoms with Gasteiger partial charge in [0.2, 0.25) is 5.91 Å². The highest BCUT2D eigenvalue weighted by atomic mass is 79.9. The van der Waals surface area contributed by atoms with Crippen LogP contribution in [0.5, 0.6) is 5.75 Å². The van der Waals surface area contributed by atoms with Gasteiger partial charge in [0.25, 0.3) is 5.91 Å². The summed E-state index contributed by atoms with van der Waals surface area (Å²) in [6.45, 7) is 0.947. The number of esters is 2. The van der Waals surface area contributed by atoms with Crippen molar-refractivity contribution in [1.82, 2.24) is 10.2 Å². The maximum atomic E-state index is 13.3. The standard InChI is InChI=1S/C25H25BrN2O7S/c1-16(29)35-15-25(14-26)21(24(32)34-12-17-8-4-2-5-9-17)28-22(31)20(23(28)36-25)27-19(30)13-33-18-10-6-3-7-11-18/h2-11,20-21,23H,12-15H2,1H3,(H,27,30)/t20?,21-,23-,25+/m0/s1. The van der Waals surface area contributed by atoms with Crippen LogP contribution in [0.4, 0.5) is 0 Å². The highest BCUT2D eigenvalue weighted by molar-refractivity contribution is 9.09. The Morgan fingerprint density at radius 3 is 2.36 bits per heavy atom. The average Bonchev–Trinajstić information content (AvgIpc) is 3.21. The predicted molar refractivity (Wildman–Crippen MR) is 135 cm³/mol. The lowest BCUT2D eigenvalue weighted by atomic mass is 9.95. The third-order valence-corrected chi connectivity index (χ3v) is 8.90. The first-order valence-electron chi connectivity index (χ1n) is 11.2. The smallest absolute Gasteiger partial charge is 0.330 e. The van der Waals surface area contributed by atoms with Crippen molar-refractivity contribution >= 4 is 51.4 Å². The number of rotatable bonds is 10. The summed E-state index contributed by atoms with van der Waals surface area (Å²) in [5.41, 5.74) is 0.802. The molecule has 2 saturated heterocycles. The molecule has 0 spiro atoms. The van der Waals surface area contributed by atoms with Gasteiger partial charge in [-0.3, -0.25) is 14.4 Å². The van der Waals surface area contributed by atoms with E-state index < -0.39 is 46.0 Å². The molecule has 0 saturated carbocycles. The molecule has 4 atom stereocenters. The van der Waals surface area contributed by atoms with E-state index in [2.05, 4.69) is 21.2 Å². The van der Waals surface area contributed by atoms with Gasteiger partial charge in [-0.1, -0.05) is 64.5 Å². The molecule has 0 aliphatic carbocycles. The van der Waals surface area contributed by atoms with Gasteiger partial charge in [-0.25, -0.2) is 4.79 Å². The molecule has 4 rings (SSSR count). The number of amides is 2. The van der Waals surface area contributed by atoms with Crippen molar-refractivity contribution in [2.75, 3.05) is 18.5 Å². The van der Waals surface area contributed by atoms with Crippen molar-refractivity contribution in [3.63, 3.8) is 0 Å². The Hall–Kier alpha value is -3.05. The second kappa shape index (κ2) is 11.3. The molecule has 0 bridgehead atoms. The van der Waals surface area contributed by atoms with Gasteiger partial charge in [0.05, 0.1) is 4.75 Å². The Balaban J connectivity index is 1.46. The van der Waals surface area contributed by atoms with Crippen LogP contribution in [0.2, 0.25) is 0 Å². The van der Waals surface area contributed by atoms with E-state index in [1.165, 1.54) is 23.6 Å². The average molecular weight is 577 g/mol. The van der Waals surface area contributed by atoms with E-state index in [4.69, 9.17) is 14.2 Å². The van der Waals surface area contributed by atoms with E-state index in [1.54, 1.807) is 24.3 Å². The summed E-state index contributed by atoms with van der Waals surface area (Å²) in [6.07, 6.45) is 0. The van der Waals surface area contributed by atoms with Crippen molar-refractivity contribution in [3.05, 3.63) is 66.2 Å². The van der Waals surface area contributed by atoms with E-state index in [-0.39, 0.29) is 25.2 Å². The second-order valence-electron chi connectivity index (χ2n) is 8.38. The third-order valence-electron chi connectivity index (χ3n) is 5.83. The Bertz CT molecular complexity index is 1120. The lowest BCUT2D eigenvalue weighted by Crippen LogP contribution is -2.71. The van der Waals surface area contributed by atoms with Gasteiger partial charge < -0.3 is 24.4 Å². The number of ether oxygens (including phenoxy) is 3. The van der Waals surface area contributed by atoms with Crippen LogP contribution in [0.3, 0.4) is 0 Å². The van der Waals surface area contributed by atoms with Crippen molar-refractivity contribution in [2.24, 2.45) is 0 Å². The van der Waals surface area contributed by atoms with Crippen molar-refractivity contribution in [3.8, 4) is 5.75 Å². The van der Waals surface area contributed by atoms with Crippen molar-refractivity contribution in [2.45, 2.75) is 35.7 Å². The van der Waals surface area contributed by atoms with Crippen LogP contribution in [0.15, 0.2) is 60.7 Å². The van der Waals surface area contributed by atoms with Crippen LogP contribution >= 0.6 is 27.7 Å². The summed E-state index contributed by atoms with van der Waals surface area (Å²) in [4.78, 5) is 51.8. The van der Waals surface area contributed by atoms with Gasteiger partial charge in [0, 0.05) is 12.3 Å². The number of carbonyl (C=O) groups excluding carboxylic acids is 4. The van der Waals surface area contributed by atoms with E-state index in [0.717, 1.165) is 5.56 Å². The van der Waals surface area contributed by atoms with Gasteiger partial charge in [-0.05, 0) is 17.7 Å². The molecule has 2 amide bonds. The van der Waals surface area contributed by atoms with E-state index in [9.17, 15) is 19.2 Å². The minimum absolute atomic E-state index is 0.0382. The number of hydrogen-bond donors (Lipinski definition) is 1. The lowest BCUT2D eigenvalue weighted by molar-refractivity contribution is -0.166. The number of nitrogens with one attached hydrogen (secondary N) is 1. The van der Waals surface area contributed by atoms with Crippen molar-refractivity contribution in [1.29, 1.82) is 0 Å². The summed E-state index contributed by atoms with van der Waals surface area (Å²) in [5.74, 6) is -1.45. The largest absolute Gasteiger partial charge is 0.484 e. The number of alkyl halides is 1. The minimum atomic E-state index is -1.00. The van der Waals surface area contributed by atoms with Gasteiger partial charge in [-0.15, -0.1) is 11.8 Å². The summed E-state index contributed by atoms with van der Waals surface area (Å²) in [6, 6.07) is 16.2. The number of nitrogens with zero attached hydrogens (tertiary/aromatic N) is 1. The Morgan fingerprint density at radius 2 is 1.72 bits per heavy atom. The number of carbonyl (C=O) groups is 4. The summed E-state index contributed by atoms with van der Waals surface area (Å²) in [7, 11) is 0. The number of hydrogen-bond acceptors (Lipinski definition) is 8. The first-order valence-corrected chi connectivity index (χ1v) is 13.2. The molecule has 36 heavy (non-hydrogen) atoms. The monoisotopic (exact) mass is 576 g/mol. The van der Waals surface area contributed by atoms with Crippen LogP contribution in [-0.2, 0) is 35.3 Å². The third kappa shape index (κ3) is 5.52. The maximum absolute atomic E-state index is 13.3. The lowest BCUT2D eigenvalue weighted by Gasteiger charge is -2.44. The Morgan fingerprint density at radius 1 is 1.06 bits per heavy atom. The molecule has 1 unspecified atom stereocenters. The molecule has 2 fully saturated rings. The van der Waals surface area contributed by atoms with Crippen LogP contribution < -0.4 is 10.1 Å². The van der Waals surface area contributed by atoms with E-state index in [0.29, 0.717) is 5.75 Å². The van der Waals surface area contributed by atoms with Crippen LogP contribution in [0.1, 0.15) is 12.5 Å². The number of halogens is 1. The van der Waals surface area contributed by atoms with Gasteiger partial charge in [-0.2, -0.15) is 0 Å². The molecule has 0 radical (unpaired) electrons. The summed E-state index contributed by atoms with van der Waals surface area (Å²) in [5, 5.41) is 2.42. The highest BCUT2D eigenvalue weighted by Gasteiger charge is 2.67. The maximum Gasteiger partial charge on any atom is 0.330 e. The quantitative estimate of drug-likeness (QED) is 0.260. The van der Waals surface area contributed by atoms with Gasteiger partial charge in [0.15, 0.2) is 6.61 Å². The normalized spacial score (nSPS) is 24.3. The fourth-order valence-electron chi connectivity index (χ4n) is 4.07. The second-order valence-corrected chi connectivity index (χ2v) is 10.5. The molecule has 1 N–H and O–H groups in total.